The van der Waals surface area contributed by atoms with Gasteiger partial charge in [0, 0.05) is 18.3 Å². The maximum absolute atomic E-state index is 5.24. The van der Waals surface area contributed by atoms with Crippen LogP contribution in [-0.2, 0) is 6.54 Å². The first-order valence-electron chi connectivity index (χ1n) is 5.98. The number of nitrogens with zero attached hydrogens (tertiary/aromatic N) is 3. The highest BCUT2D eigenvalue weighted by Crippen LogP contribution is 2.23. The zero-order valence-corrected chi connectivity index (χ0v) is 9.89. The molecule has 1 aliphatic heterocycles. The molecule has 0 spiro atoms. The fraction of sp³-hybridized carbons (Fsp3) is 0.500. The van der Waals surface area contributed by atoms with Crippen LogP contribution in [0.1, 0.15) is 36.0 Å². The average Bonchev–Trinajstić information content (AvgIpc) is 3.00. The molecule has 1 fully saturated rings. The number of hydrogen-bond donors (Lipinski definition) is 1. The summed E-state index contributed by atoms with van der Waals surface area (Å²) in [5, 5.41) is 7.38. The molecule has 1 N–H and O–H groups in total. The van der Waals surface area contributed by atoms with Crippen molar-refractivity contribution in [2.75, 3.05) is 6.54 Å². The van der Waals surface area contributed by atoms with E-state index in [1.807, 2.05) is 25.5 Å². The van der Waals surface area contributed by atoms with Gasteiger partial charge in [0.05, 0.1) is 24.3 Å². The molecule has 0 aromatic carbocycles. The summed E-state index contributed by atoms with van der Waals surface area (Å²) >= 11 is 0. The van der Waals surface area contributed by atoms with Gasteiger partial charge in [0.1, 0.15) is 0 Å². The molecule has 0 unspecified atom stereocenters. The van der Waals surface area contributed by atoms with Crippen LogP contribution in [0, 0.1) is 6.92 Å². The minimum absolute atomic E-state index is 0.432. The van der Waals surface area contributed by atoms with Crippen LogP contribution in [0.4, 0.5) is 0 Å². The van der Waals surface area contributed by atoms with E-state index < -0.39 is 0 Å². The summed E-state index contributed by atoms with van der Waals surface area (Å²) < 4.78 is 7.36. The van der Waals surface area contributed by atoms with Gasteiger partial charge in [0.15, 0.2) is 5.76 Å². The Bertz CT molecular complexity index is 496. The van der Waals surface area contributed by atoms with E-state index in [-0.39, 0.29) is 0 Å². The van der Waals surface area contributed by atoms with Crippen molar-refractivity contribution in [1.82, 2.24) is 20.0 Å². The van der Waals surface area contributed by atoms with E-state index >= 15 is 0 Å². The van der Waals surface area contributed by atoms with Crippen molar-refractivity contribution in [2.45, 2.75) is 32.4 Å². The SMILES string of the molecule is Cc1cc(Cn2cncc2[C@@H]2CCCN2)on1. The standard InChI is InChI=1S/C12H16N4O/c1-9-5-10(17-15-9)7-16-8-13-6-12(16)11-3-2-4-14-11/h5-6,8,11,14H,2-4,7H2,1H3/t11-/m0/s1. The second-order valence-corrected chi connectivity index (χ2v) is 4.53. The molecular formula is C12H16N4O. The predicted octanol–water partition coefficient (Wildman–Crippen LogP) is 1.65. The quantitative estimate of drug-likeness (QED) is 0.874. The van der Waals surface area contributed by atoms with E-state index in [0.717, 1.165) is 18.0 Å². The van der Waals surface area contributed by atoms with Crippen LogP contribution in [0.2, 0.25) is 0 Å². The Hall–Kier alpha value is -1.62. The summed E-state index contributed by atoms with van der Waals surface area (Å²) in [5.41, 5.74) is 2.15. The molecule has 5 nitrogen and oxygen atoms in total. The zero-order valence-electron chi connectivity index (χ0n) is 9.89. The summed E-state index contributed by atoms with van der Waals surface area (Å²) in [5.74, 6) is 0.875. The van der Waals surface area contributed by atoms with Crippen LogP contribution in [-0.4, -0.2) is 21.3 Å². The van der Waals surface area contributed by atoms with Gasteiger partial charge in [-0.25, -0.2) is 4.98 Å². The molecule has 2 aromatic heterocycles. The van der Waals surface area contributed by atoms with E-state index in [0.29, 0.717) is 12.6 Å². The van der Waals surface area contributed by atoms with Gasteiger partial charge in [-0.05, 0) is 26.3 Å². The van der Waals surface area contributed by atoms with E-state index in [1.54, 1.807) is 0 Å². The molecule has 1 aliphatic rings. The number of hydrogen-bond acceptors (Lipinski definition) is 4. The fourth-order valence-corrected chi connectivity index (χ4v) is 2.35. The lowest BCUT2D eigenvalue weighted by Gasteiger charge is -2.12. The van der Waals surface area contributed by atoms with Crippen LogP contribution >= 0.6 is 0 Å². The molecule has 0 saturated carbocycles. The molecule has 17 heavy (non-hydrogen) atoms. The van der Waals surface area contributed by atoms with E-state index in [9.17, 15) is 0 Å². The Morgan fingerprint density at radius 3 is 3.24 bits per heavy atom. The molecule has 3 rings (SSSR count). The maximum Gasteiger partial charge on any atom is 0.156 e. The minimum atomic E-state index is 0.432. The van der Waals surface area contributed by atoms with Gasteiger partial charge in [-0.3, -0.25) is 0 Å². The summed E-state index contributed by atoms with van der Waals surface area (Å²) in [6.45, 7) is 3.73. The van der Waals surface area contributed by atoms with E-state index in [2.05, 4.69) is 20.0 Å². The van der Waals surface area contributed by atoms with Crippen LogP contribution in [0.15, 0.2) is 23.1 Å². The van der Waals surface area contributed by atoms with E-state index in [1.165, 1.54) is 18.5 Å². The average molecular weight is 232 g/mol. The molecule has 0 radical (unpaired) electrons. The molecule has 0 bridgehead atoms. The Kier molecular flexibility index (Phi) is 2.68. The third-order valence-corrected chi connectivity index (χ3v) is 3.16. The molecular weight excluding hydrogens is 216 g/mol. The highest BCUT2D eigenvalue weighted by molar-refractivity contribution is 5.11. The number of aryl methyl sites for hydroxylation is 1. The molecule has 0 aliphatic carbocycles. The lowest BCUT2D eigenvalue weighted by atomic mass is 10.2. The van der Waals surface area contributed by atoms with Crippen molar-refractivity contribution >= 4 is 0 Å². The molecule has 5 heteroatoms. The summed E-state index contributed by atoms with van der Waals surface area (Å²) in [6, 6.07) is 2.40. The number of imidazole rings is 1. The highest BCUT2D eigenvalue weighted by Gasteiger charge is 2.20. The van der Waals surface area contributed by atoms with Gasteiger partial charge >= 0.3 is 0 Å². The van der Waals surface area contributed by atoms with Crippen molar-refractivity contribution in [3.8, 4) is 0 Å². The molecule has 1 atom stereocenters. The number of aromatic nitrogens is 3. The van der Waals surface area contributed by atoms with Gasteiger partial charge in [-0.15, -0.1) is 0 Å². The lowest BCUT2D eigenvalue weighted by molar-refractivity contribution is 0.370. The Morgan fingerprint density at radius 1 is 1.59 bits per heavy atom. The molecule has 3 heterocycles. The van der Waals surface area contributed by atoms with Gasteiger partial charge in [-0.2, -0.15) is 0 Å². The first kappa shape index (κ1) is 10.5. The first-order valence-corrected chi connectivity index (χ1v) is 5.98. The molecule has 0 amide bonds. The smallest absolute Gasteiger partial charge is 0.156 e. The van der Waals surface area contributed by atoms with Crippen molar-refractivity contribution in [3.05, 3.63) is 35.7 Å². The number of nitrogens with one attached hydrogen (secondary N) is 1. The highest BCUT2D eigenvalue weighted by atomic mass is 16.5. The summed E-state index contributed by atoms with van der Waals surface area (Å²) in [6.07, 6.45) is 6.21. The molecule has 2 aromatic rings. The maximum atomic E-state index is 5.24. The summed E-state index contributed by atoms with van der Waals surface area (Å²) in [4.78, 5) is 4.23. The molecule has 90 valence electrons. The Labute approximate surface area is 99.8 Å². The van der Waals surface area contributed by atoms with Gasteiger partial charge < -0.3 is 14.4 Å². The van der Waals surface area contributed by atoms with Crippen LogP contribution in [0.5, 0.6) is 0 Å². The third-order valence-electron chi connectivity index (χ3n) is 3.16. The van der Waals surface area contributed by atoms with Crippen molar-refractivity contribution in [3.63, 3.8) is 0 Å². The van der Waals surface area contributed by atoms with Crippen molar-refractivity contribution < 1.29 is 4.52 Å². The van der Waals surface area contributed by atoms with Crippen LogP contribution in [0.3, 0.4) is 0 Å². The topological polar surface area (TPSA) is 55.9 Å². The zero-order chi connectivity index (χ0) is 11.7. The van der Waals surface area contributed by atoms with Crippen LogP contribution in [0.25, 0.3) is 0 Å². The first-order chi connectivity index (χ1) is 8.33. The van der Waals surface area contributed by atoms with Gasteiger partial charge in [0.2, 0.25) is 0 Å². The Morgan fingerprint density at radius 2 is 2.53 bits per heavy atom. The molecule has 1 saturated heterocycles. The fourth-order valence-electron chi connectivity index (χ4n) is 2.35. The monoisotopic (exact) mass is 232 g/mol. The normalized spacial score (nSPS) is 19.9. The predicted molar refractivity (Wildman–Crippen MR) is 62.5 cm³/mol. The minimum Gasteiger partial charge on any atom is -0.359 e. The van der Waals surface area contributed by atoms with Gasteiger partial charge in [0.25, 0.3) is 0 Å². The summed E-state index contributed by atoms with van der Waals surface area (Å²) in [7, 11) is 0. The second kappa shape index (κ2) is 4.33. The number of rotatable bonds is 3. The largest absolute Gasteiger partial charge is 0.359 e. The van der Waals surface area contributed by atoms with Crippen LogP contribution < -0.4 is 5.32 Å². The van der Waals surface area contributed by atoms with Crippen molar-refractivity contribution in [2.24, 2.45) is 0 Å². The van der Waals surface area contributed by atoms with E-state index in [4.69, 9.17) is 4.52 Å². The third kappa shape index (κ3) is 2.10. The Balaban J connectivity index is 1.81. The second-order valence-electron chi connectivity index (χ2n) is 4.53. The van der Waals surface area contributed by atoms with Crippen molar-refractivity contribution in [1.29, 1.82) is 0 Å². The van der Waals surface area contributed by atoms with Gasteiger partial charge in [-0.1, -0.05) is 5.16 Å². The lowest BCUT2D eigenvalue weighted by Crippen LogP contribution is -2.17.